The molecule has 1 aliphatic heterocycles. The van der Waals surface area contributed by atoms with E-state index >= 15 is 0 Å². The van der Waals surface area contributed by atoms with Crippen molar-refractivity contribution in [2.75, 3.05) is 5.73 Å². The number of benzene rings is 1. The van der Waals surface area contributed by atoms with Gasteiger partial charge in [0.05, 0.1) is 16.8 Å². The van der Waals surface area contributed by atoms with Crippen molar-refractivity contribution < 1.29 is 19.2 Å². The molecular formula is C14H20BNO4. The highest BCUT2D eigenvalue weighted by Gasteiger charge is 2.51. The van der Waals surface area contributed by atoms with E-state index in [0.717, 1.165) is 0 Å². The number of carbonyl (C=O) groups is 1. The van der Waals surface area contributed by atoms with Gasteiger partial charge >= 0.3 is 13.1 Å². The molecule has 0 saturated carbocycles. The molecule has 0 radical (unpaired) electrons. The SMILES string of the molecule is Cc1c(N)cc(B2OC(C)(C)C(C)(C)O2)cc1C(=O)O. The summed E-state index contributed by atoms with van der Waals surface area (Å²) in [6.45, 7) is 9.48. The van der Waals surface area contributed by atoms with E-state index in [4.69, 9.17) is 15.0 Å². The Labute approximate surface area is 119 Å². The third-order valence-corrected chi connectivity index (χ3v) is 4.23. The minimum absolute atomic E-state index is 0.176. The highest BCUT2D eigenvalue weighted by atomic mass is 16.7. The zero-order valence-electron chi connectivity index (χ0n) is 12.5. The van der Waals surface area contributed by atoms with Crippen LogP contribution in [-0.4, -0.2) is 29.4 Å². The largest absolute Gasteiger partial charge is 0.494 e. The van der Waals surface area contributed by atoms with E-state index in [1.165, 1.54) is 0 Å². The van der Waals surface area contributed by atoms with Gasteiger partial charge in [-0.25, -0.2) is 4.79 Å². The first-order valence-corrected chi connectivity index (χ1v) is 6.54. The normalized spacial score (nSPS) is 20.1. The minimum Gasteiger partial charge on any atom is -0.478 e. The van der Waals surface area contributed by atoms with Crippen LogP contribution in [0.3, 0.4) is 0 Å². The quantitative estimate of drug-likeness (QED) is 0.633. The highest BCUT2D eigenvalue weighted by molar-refractivity contribution is 6.62. The Morgan fingerprint density at radius 2 is 1.70 bits per heavy atom. The van der Waals surface area contributed by atoms with Crippen LogP contribution in [0.1, 0.15) is 43.6 Å². The molecule has 0 spiro atoms. The van der Waals surface area contributed by atoms with Gasteiger partial charge in [0, 0.05) is 5.69 Å². The molecule has 0 aromatic heterocycles. The maximum Gasteiger partial charge on any atom is 0.494 e. The van der Waals surface area contributed by atoms with Crippen LogP contribution in [0.2, 0.25) is 0 Å². The standard InChI is InChI=1S/C14H20BNO4/c1-8-10(12(17)18)6-9(7-11(8)16)15-19-13(2,3)14(4,5)20-15/h6-7H,16H2,1-5H3,(H,17,18). The van der Waals surface area contributed by atoms with Crippen molar-refractivity contribution in [3.8, 4) is 0 Å². The van der Waals surface area contributed by atoms with Crippen molar-refractivity contribution in [2.24, 2.45) is 0 Å². The Morgan fingerprint density at radius 1 is 1.20 bits per heavy atom. The maximum absolute atomic E-state index is 11.3. The number of carboxylic acid groups (broad SMARTS) is 1. The number of hydrogen-bond acceptors (Lipinski definition) is 4. The molecule has 108 valence electrons. The molecule has 1 aromatic rings. The molecule has 1 heterocycles. The summed E-state index contributed by atoms with van der Waals surface area (Å²) >= 11 is 0. The van der Waals surface area contributed by atoms with E-state index in [-0.39, 0.29) is 5.56 Å². The molecule has 20 heavy (non-hydrogen) atoms. The molecule has 1 fully saturated rings. The predicted molar refractivity (Wildman–Crippen MR) is 78.3 cm³/mol. The summed E-state index contributed by atoms with van der Waals surface area (Å²) in [5, 5.41) is 9.23. The van der Waals surface area contributed by atoms with Crippen molar-refractivity contribution in [1.29, 1.82) is 0 Å². The fourth-order valence-electron chi connectivity index (χ4n) is 2.10. The van der Waals surface area contributed by atoms with Crippen molar-refractivity contribution in [1.82, 2.24) is 0 Å². The van der Waals surface area contributed by atoms with E-state index in [9.17, 15) is 9.90 Å². The summed E-state index contributed by atoms with van der Waals surface area (Å²) in [6.07, 6.45) is 0. The van der Waals surface area contributed by atoms with Gasteiger partial charge in [-0.15, -0.1) is 0 Å². The summed E-state index contributed by atoms with van der Waals surface area (Å²) < 4.78 is 11.8. The van der Waals surface area contributed by atoms with Gasteiger partial charge in [0.25, 0.3) is 0 Å². The summed E-state index contributed by atoms with van der Waals surface area (Å²) in [7, 11) is -0.610. The first kappa shape index (κ1) is 14.9. The Kier molecular flexibility index (Phi) is 3.35. The van der Waals surface area contributed by atoms with Gasteiger partial charge in [-0.05, 0) is 57.8 Å². The number of anilines is 1. The van der Waals surface area contributed by atoms with Gasteiger partial charge in [-0.3, -0.25) is 0 Å². The van der Waals surface area contributed by atoms with Crippen LogP contribution in [0.15, 0.2) is 12.1 Å². The maximum atomic E-state index is 11.3. The predicted octanol–water partition coefficient (Wildman–Crippen LogP) is 1.57. The van der Waals surface area contributed by atoms with Crippen LogP contribution in [-0.2, 0) is 9.31 Å². The Morgan fingerprint density at radius 3 is 2.15 bits per heavy atom. The van der Waals surface area contributed by atoms with Gasteiger partial charge in [0.15, 0.2) is 0 Å². The number of hydrogen-bond donors (Lipinski definition) is 2. The number of rotatable bonds is 2. The van der Waals surface area contributed by atoms with Crippen LogP contribution in [0.5, 0.6) is 0 Å². The lowest BCUT2D eigenvalue weighted by Gasteiger charge is -2.32. The van der Waals surface area contributed by atoms with Crippen LogP contribution in [0.25, 0.3) is 0 Å². The molecule has 2 rings (SSSR count). The van der Waals surface area contributed by atoms with Gasteiger partial charge in [0.1, 0.15) is 0 Å². The molecular weight excluding hydrogens is 257 g/mol. The Hall–Kier alpha value is -1.53. The van der Waals surface area contributed by atoms with Gasteiger partial charge in [-0.2, -0.15) is 0 Å². The fourth-order valence-corrected chi connectivity index (χ4v) is 2.10. The first-order valence-electron chi connectivity index (χ1n) is 6.54. The van der Waals surface area contributed by atoms with Crippen LogP contribution >= 0.6 is 0 Å². The molecule has 0 atom stereocenters. The van der Waals surface area contributed by atoms with E-state index < -0.39 is 24.3 Å². The molecule has 0 aliphatic carbocycles. The molecule has 1 aromatic carbocycles. The zero-order chi connectivity index (χ0) is 15.3. The molecule has 0 amide bonds. The molecule has 1 aliphatic rings. The second-order valence-electron chi connectivity index (χ2n) is 6.18. The smallest absolute Gasteiger partial charge is 0.478 e. The van der Waals surface area contributed by atoms with Crippen molar-refractivity contribution >= 4 is 24.2 Å². The van der Waals surface area contributed by atoms with Crippen LogP contribution in [0.4, 0.5) is 5.69 Å². The third-order valence-electron chi connectivity index (χ3n) is 4.23. The molecule has 1 saturated heterocycles. The van der Waals surface area contributed by atoms with Gasteiger partial charge in [0.2, 0.25) is 0 Å². The van der Waals surface area contributed by atoms with Crippen LogP contribution in [0, 0.1) is 6.92 Å². The molecule has 6 heteroatoms. The highest BCUT2D eigenvalue weighted by Crippen LogP contribution is 2.36. The number of carboxylic acids is 1. The van der Waals surface area contributed by atoms with Crippen LogP contribution < -0.4 is 11.2 Å². The topological polar surface area (TPSA) is 81.8 Å². The van der Waals surface area contributed by atoms with Crippen molar-refractivity contribution in [3.05, 3.63) is 23.3 Å². The third kappa shape index (κ3) is 2.29. The number of nitrogen functional groups attached to an aromatic ring is 1. The second kappa shape index (κ2) is 4.50. The molecule has 5 nitrogen and oxygen atoms in total. The monoisotopic (exact) mass is 277 g/mol. The lowest BCUT2D eigenvalue weighted by Crippen LogP contribution is -2.41. The molecule has 0 unspecified atom stereocenters. The van der Waals surface area contributed by atoms with E-state index in [0.29, 0.717) is 16.7 Å². The summed E-state index contributed by atoms with van der Waals surface area (Å²) in [5.74, 6) is -1.01. The Bertz CT molecular complexity index is 553. The zero-order valence-corrected chi connectivity index (χ0v) is 12.5. The van der Waals surface area contributed by atoms with Gasteiger partial charge in [-0.1, -0.05) is 0 Å². The van der Waals surface area contributed by atoms with Gasteiger partial charge < -0.3 is 20.1 Å². The molecule has 0 bridgehead atoms. The van der Waals surface area contributed by atoms with Crippen molar-refractivity contribution in [2.45, 2.75) is 45.8 Å². The average molecular weight is 277 g/mol. The fraction of sp³-hybridized carbons (Fsp3) is 0.500. The number of aromatic carboxylic acids is 1. The lowest BCUT2D eigenvalue weighted by atomic mass is 9.77. The lowest BCUT2D eigenvalue weighted by molar-refractivity contribution is 0.00578. The Balaban J connectivity index is 2.43. The minimum atomic E-state index is -1.01. The first-order chi connectivity index (χ1) is 9.05. The summed E-state index contributed by atoms with van der Waals surface area (Å²) in [4.78, 5) is 11.3. The van der Waals surface area contributed by atoms with E-state index in [1.807, 2.05) is 27.7 Å². The summed E-state index contributed by atoms with van der Waals surface area (Å²) in [6, 6.07) is 3.28. The van der Waals surface area contributed by atoms with Crippen molar-refractivity contribution in [3.63, 3.8) is 0 Å². The van der Waals surface area contributed by atoms with E-state index in [2.05, 4.69) is 0 Å². The van der Waals surface area contributed by atoms with E-state index in [1.54, 1.807) is 19.1 Å². The summed E-state index contributed by atoms with van der Waals surface area (Å²) in [5.41, 5.74) is 6.73. The average Bonchev–Trinajstić information content (AvgIpc) is 2.51. The molecule has 3 N–H and O–H groups in total. The number of nitrogens with two attached hydrogens (primary N) is 1. The second-order valence-corrected chi connectivity index (χ2v) is 6.18.